The second-order valence-electron chi connectivity index (χ2n) is 4.29. The molecule has 2 rings (SSSR count). The highest BCUT2D eigenvalue weighted by atomic mass is 32.1. The van der Waals surface area contributed by atoms with Crippen LogP contribution in [0.5, 0.6) is 5.75 Å². The lowest BCUT2D eigenvalue weighted by atomic mass is 9.89. The van der Waals surface area contributed by atoms with E-state index in [0.717, 1.165) is 17.1 Å². The summed E-state index contributed by atoms with van der Waals surface area (Å²) in [6.07, 6.45) is 1.06. The molecule has 0 aromatic heterocycles. The molecule has 0 aliphatic heterocycles. The van der Waals surface area contributed by atoms with E-state index >= 15 is 0 Å². The molecule has 0 aliphatic carbocycles. The molecule has 2 aromatic rings. The molecule has 94 valence electrons. The van der Waals surface area contributed by atoms with Gasteiger partial charge in [0, 0.05) is 10.8 Å². The zero-order valence-corrected chi connectivity index (χ0v) is 11.7. The van der Waals surface area contributed by atoms with Crippen molar-refractivity contribution in [2.24, 2.45) is 0 Å². The Bertz CT molecular complexity index is 505. The van der Waals surface area contributed by atoms with Gasteiger partial charge in [0.1, 0.15) is 5.75 Å². The van der Waals surface area contributed by atoms with Gasteiger partial charge in [0.15, 0.2) is 0 Å². The van der Waals surface area contributed by atoms with Crippen LogP contribution in [0, 0.1) is 0 Å². The van der Waals surface area contributed by atoms with Crippen LogP contribution in [-0.4, -0.2) is 7.11 Å². The number of hydrogen-bond acceptors (Lipinski definition) is 2. The SMILES string of the molecule is CCC(c1ccc(OC)cc1)c1ccccc1S. The average molecular weight is 258 g/mol. The van der Waals surface area contributed by atoms with Crippen LogP contribution in [-0.2, 0) is 0 Å². The van der Waals surface area contributed by atoms with Crippen LogP contribution in [0.3, 0.4) is 0 Å². The minimum Gasteiger partial charge on any atom is -0.497 e. The molecule has 0 radical (unpaired) electrons. The van der Waals surface area contributed by atoms with E-state index in [1.807, 2.05) is 24.3 Å². The highest BCUT2D eigenvalue weighted by Gasteiger charge is 2.14. The van der Waals surface area contributed by atoms with Crippen LogP contribution in [0.2, 0.25) is 0 Å². The number of methoxy groups -OCH3 is 1. The Hall–Kier alpha value is -1.41. The van der Waals surface area contributed by atoms with E-state index in [1.165, 1.54) is 11.1 Å². The lowest BCUT2D eigenvalue weighted by Gasteiger charge is -2.18. The number of hydrogen-bond donors (Lipinski definition) is 1. The first-order valence-corrected chi connectivity index (χ1v) is 6.62. The molecular formula is C16H18OS. The van der Waals surface area contributed by atoms with E-state index in [9.17, 15) is 0 Å². The van der Waals surface area contributed by atoms with Gasteiger partial charge in [0.2, 0.25) is 0 Å². The minimum atomic E-state index is 0.393. The maximum atomic E-state index is 5.20. The monoisotopic (exact) mass is 258 g/mol. The topological polar surface area (TPSA) is 9.23 Å². The van der Waals surface area contributed by atoms with Crippen molar-refractivity contribution in [3.8, 4) is 5.75 Å². The van der Waals surface area contributed by atoms with E-state index in [4.69, 9.17) is 4.74 Å². The van der Waals surface area contributed by atoms with E-state index in [-0.39, 0.29) is 0 Å². The van der Waals surface area contributed by atoms with Crippen LogP contribution >= 0.6 is 12.6 Å². The summed E-state index contributed by atoms with van der Waals surface area (Å²) in [6, 6.07) is 16.6. The predicted octanol–water partition coefficient (Wildman–Crippen LogP) is 4.53. The van der Waals surface area contributed by atoms with Gasteiger partial charge in [-0.2, -0.15) is 0 Å². The predicted molar refractivity (Wildman–Crippen MR) is 78.8 cm³/mol. The van der Waals surface area contributed by atoms with Crippen molar-refractivity contribution in [2.45, 2.75) is 24.2 Å². The van der Waals surface area contributed by atoms with Crippen molar-refractivity contribution in [3.63, 3.8) is 0 Å². The first-order chi connectivity index (χ1) is 8.76. The average Bonchev–Trinajstić information content (AvgIpc) is 2.42. The molecule has 0 spiro atoms. The summed E-state index contributed by atoms with van der Waals surface area (Å²) in [6.45, 7) is 2.20. The van der Waals surface area contributed by atoms with Gasteiger partial charge >= 0.3 is 0 Å². The molecule has 0 N–H and O–H groups in total. The standard InChI is InChI=1S/C16H18OS/c1-3-14(15-6-4-5-7-16(15)18)12-8-10-13(17-2)11-9-12/h4-11,14,18H,3H2,1-2H3. The zero-order valence-electron chi connectivity index (χ0n) is 10.8. The van der Waals surface area contributed by atoms with Crippen LogP contribution in [0.25, 0.3) is 0 Å². The summed E-state index contributed by atoms with van der Waals surface area (Å²) in [7, 11) is 1.69. The van der Waals surface area contributed by atoms with Crippen molar-refractivity contribution in [1.29, 1.82) is 0 Å². The van der Waals surface area contributed by atoms with Gasteiger partial charge in [-0.15, -0.1) is 12.6 Å². The van der Waals surface area contributed by atoms with Crippen molar-refractivity contribution in [3.05, 3.63) is 59.7 Å². The lowest BCUT2D eigenvalue weighted by molar-refractivity contribution is 0.414. The smallest absolute Gasteiger partial charge is 0.118 e. The molecular weight excluding hydrogens is 240 g/mol. The maximum absolute atomic E-state index is 5.20. The summed E-state index contributed by atoms with van der Waals surface area (Å²) < 4.78 is 5.20. The van der Waals surface area contributed by atoms with Crippen LogP contribution in [0.1, 0.15) is 30.4 Å². The van der Waals surface area contributed by atoms with Crippen LogP contribution in [0.15, 0.2) is 53.4 Å². The third kappa shape index (κ3) is 2.70. The molecule has 0 saturated heterocycles. The summed E-state index contributed by atoms with van der Waals surface area (Å²) in [5.41, 5.74) is 2.59. The quantitative estimate of drug-likeness (QED) is 0.793. The van der Waals surface area contributed by atoms with Gasteiger partial charge < -0.3 is 4.74 Å². The fraction of sp³-hybridized carbons (Fsp3) is 0.250. The fourth-order valence-electron chi connectivity index (χ4n) is 2.25. The van der Waals surface area contributed by atoms with E-state index in [1.54, 1.807) is 7.11 Å². The largest absolute Gasteiger partial charge is 0.497 e. The normalized spacial score (nSPS) is 12.2. The van der Waals surface area contributed by atoms with Crippen molar-refractivity contribution in [1.82, 2.24) is 0 Å². The first kappa shape index (κ1) is 13.0. The molecule has 1 unspecified atom stereocenters. The lowest BCUT2D eigenvalue weighted by Crippen LogP contribution is -2.00. The number of ether oxygens (including phenoxy) is 1. The van der Waals surface area contributed by atoms with Crippen molar-refractivity contribution < 1.29 is 4.74 Å². The van der Waals surface area contributed by atoms with Gasteiger partial charge in [0.05, 0.1) is 7.11 Å². The maximum Gasteiger partial charge on any atom is 0.118 e. The molecule has 2 aromatic carbocycles. The summed E-state index contributed by atoms with van der Waals surface area (Å²) in [5, 5.41) is 0. The second-order valence-corrected chi connectivity index (χ2v) is 4.77. The third-order valence-electron chi connectivity index (χ3n) is 3.24. The minimum absolute atomic E-state index is 0.393. The van der Waals surface area contributed by atoms with Crippen LogP contribution < -0.4 is 4.74 Å². The molecule has 0 amide bonds. The van der Waals surface area contributed by atoms with Crippen LogP contribution in [0.4, 0.5) is 0 Å². The molecule has 1 nitrogen and oxygen atoms in total. The summed E-state index contributed by atoms with van der Waals surface area (Å²) in [5.74, 6) is 1.29. The van der Waals surface area contributed by atoms with Gasteiger partial charge in [-0.25, -0.2) is 0 Å². The molecule has 0 heterocycles. The Kier molecular flexibility index (Phi) is 4.32. The Morgan fingerprint density at radius 2 is 1.72 bits per heavy atom. The molecule has 18 heavy (non-hydrogen) atoms. The molecule has 0 saturated carbocycles. The molecule has 0 aliphatic rings. The first-order valence-electron chi connectivity index (χ1n) is 6.18. The van der Waals surface area contributed by atoms with Crippen molar-refractivity contribution >= 4 is 12.6 Å². The zero-order chi connectivity index (χ0) is 13.0. The Morgan fingerprint density at radius 1 is 1.06 bits per heavy atom. The Labute approximate surface area is 114 Å². The highest BCUT2D eigenvalue weighted by Crippen LogP contribution is 2.32. The van der Waals surface area contributed by atoms with Gasteiger partial charge in [0.25, 0.3) is 0 Å². The molecule has 0 bridgehead atoms. The highest BCUT2D eigenvalue weighted by molar-refractivity contribution is 7.80. The molecule has 2 heteroatoms. The number of benzene rings is 2. The van der Waals surface area contributed by atoms with E-state index < -0.39 is 0 Å². The van der Waals surface area contributed by atoms with Gasteiger partial charge in [-0.1, -0.05) is 37.3 Å². The van der Waals surface area contributed by atoms with E-state index in [2.05, 4.69) is 43.8 Å². The molecule has 1 atom stereocenters. The molecule has 0 fully saturated rings. The van der Waals surface area contributed by atoms with Gasteiger partial charge in [-0.05, 0) is 35.7 Å². The Morgan fingerprint density at radius 3 is 2.28 bits per heavy atom. The summed E-state index contributed by atoms with van der Waals surface area (Å²) >= 11 is 4.56. The second kappa shape index (κ2) is 5.96. The van der Waals surface area contributed by atoms with Crippen molar-refractivity contribution in [2.75, 3.05) is 7.11 Å². The van der Waals surface area contributed by atoms with Gasteiger partial charge in [-0.3, -0.25) is 0 Å². The Balaban J connectivity index is 2.36. The van der Waals surface area contributed by atoms with E-state index in [0.29, 0.717) is 5.92 Å². The third-order valence-corrected chi connectivity index (χ3v) is 3.65. The number of thiol groups is 1. The summed E-state index contributed by atoms with van der Waals surface area (Å²) in [4.78, 5) is 1.06. The number of rotatable bonds is 4. The fourth-order valence-corrected chi connectivity index (χ4v) is 2.57.